The summed E-state index contributed by atoms with van der Waals surface area (Å²) in [5.74, 6) is 1.70. The smallest absolute Gasteiger partial charge is 0.0136 e. The van der Waals surface area contributed by atoms with Gasteiger partial charge in [0.05, 0.1) is 0 Å². The van der Waals surface area contributed by atoms with Gasteiger partial charge in [0.1, 0.15) is 0 Å². The Bertz CT molecular complexity index is 247. The van der Waals surface area contributed by atoms with Gasteiger partial charge in [0.25, 0.3) is 0 Å². The maximum atomic E-state index is 3.63. The predicted molar refractivity (Wildman–Crippen MR) is 74.2 cm³/mol. The fraction of sp³-hybridized carbons (Fsp3) is 1.00. The van der Waals surface area contributed by atoms with E-state index in [2.05, 4.69) is 37.9 Å². The van der Waals surface area contributed by atoms with Gasteiger partial charge in [-0.15, -0.1) is 0 Å². The van der Waals surface area contributed by atoms with Crippen LogP contribution in [0, 0.1) is 17.3 Å². The zero-order valence-electron chi connectivity index (χ0n) is 12.1. The Morgan fingerprint density at radius 3 is 2.53 bits per heavy atom. The first kappa shape index (κ1) is 13.4. The van der Waals surface area contributed by atoms with Gasteiger partial charge in [-0.05, 0) is 56.1 Å². The zero-order valence-corrected chi connectivity index (χ0v) is 12.1. The highest BCUT2D eigenvalue weighted by Crippen LogP contribution is 2.38. The van der Waals surface area contributed by atoms with Gasteiger partial charge in [0.2, 0.25) is 0 Å². The van der Waals surface area contributed by atoms with Crippen molar-refractivity contribution in [3.63, 3.8) is 0 Å². The summed E-state index contributed by atoms with van der Waals surface area (Å²) < 4.78 is 0. The van der Waals surface area contributed by atoms with E-state index in [1.54, 1.807) is 0 Å². The van der Waals surface area contributed by atoms with Crippen molar-refractivity contribution in [2.45, 2.75) is 53.0 Å². The van der Waals surface area contributed by atoms with E-state index in [1.165, 1.54) is 45.4 Å². The lowest BCUT2D eigenvalue weighted by Crippen LogP contribution is -2.50. The van der Waals surface area contributed by atoms with Gasteiger partial charge in [-0.1, -0.05) is 27.7 Å². The van der Waals surface area contributed by atoms with Crippen molar-refractivity contribution in [3.05, 3.63) is 0 Å². The van der Waals surface area contributed by atoms with Crippen LogP contribution in [0.1, 0.15) is 47.0 Å². The van der Waals surface area contributed by atoms with Crippen molar-refractivity contribution in [1.29, 1.82) is 0 Å². The van der Waals surface area contributed by atoms with E-state index in [0.29, 0.717) is 5.41 Å². The summed E-state index contributed by atoms with van der Waals surface area (Å²) in [6.07, 6.45) is 4.26. The van der Waals surface area contributed by atoms with E-state index in [-0.39, 0.29) is 0 Å². The topological polar surface area (TPSA) is 15.3 Å². The fourth-order valence-electron chi connectivity index (χ4n) is 3.26. The van der Waals surface area contributed by atoms with Crippen LogP contribution in [0.2, 0.25) is 0 Å². The molecule has 2 rings (SSSR count). The Morgan fingerprint density at radius 1 is 1.29 bits per heavy atom. The van der Waals surface area contributed by atoms with Crippen LogP contribution in [0.4, 0.5) is 0 Å². The highest BCUT2D eigenvalue weighted by atomic mass is 15.2. The molecule has 2 unspecified atom stereocenters. The van der Waals surface area contributed by atoms with Crippen LogP contribution in [0.25, 0.3) is 0 Å². The summed E-state index contributed by atoms with van der Waals surface area (Å²) in [5.41, 5.74) is 0.561. The number of hydrogen-bond acceptors (Lipinski definition) is 2. The molecular formula is C15H30N2. The monoisotopic (exact) mass is 238 g/mol. The molecule has 100 valence electrons. The summed E-state index contributed by atoms with van der Waals surface area (Å²) in [7, 11) is 0. The van der Waals surface area contributed by atoms with Crippen LogP contribution in [0.5, 0.6) is 0 Å². The SMILES string of the molecule is CC(C)CNCC1CCC1N1CCC(C)(C)C1. The van der Waals surface area contributed by atoms with Crippen LogP contribution < -0.4 is 5.32 Å². The lowest BCUT2D eigenvalue weighted by molar-refractivity contribution is 0.0738. The molecule has 0 bridgehead atoms. The molecule has 2 atom stereocenters. The Morgan fingerprint density at radius 2 is 2.06 bits per heavy atom. The van der Waals surface area contributed by atoms with E-state index < -0.39 is 0 Å². The molecule has 2 nitrogen and oxygen atoms in total. The Kier molecular flexibility index (Phi) is 4.14. The molecule has 2 heteroatoms. The molecule has 0 radical (unpaired) electrons. The van der Waals surface area contributed by atoms with E-state index in [4.69, 9.17) is 0 Å². The van der Waals surface area contributed by atoms with Gasteiger partial charge < -0.3 is 5.32 Å². The number of hydrogen-bond donors (Lipinski definition) is 1. The highest BCUT2D eigenvalue weighted by molar-refractivity contribution is 4.95. The molecule has 2 fully saturated rings. The van der Waals surface area contributed by atoms with E-state index in [1.807, 2.05) is 0 Å². The van der Waals surface area contributed by atoms with Gasteiger partial charge >= 0.3 is 0 Å². The zero-order chi connectivity index (χ0) is 12.5. The van der Waals surface area contributed by atoms with Crippen molar-refractivity contribution in [2.24, 2.45) is 17.3 Å². The third-order valence-corrected chi connectivity index (χ3v) is 4.51. The molecule has 0 aromatic carbocycles. The first-order valence-corrected chi connectivity index (χ1v) is 7.43. The predicted octanol–water partition coefficient (Wildman–Crippen LogP) is 2.74. The van der Waals surface area contributed by atoms with Crippen molar-refractivity contribution >= 4 is 0 Å². The van der Waals surface area contributed by atoms with Crippen molar-refractivity contribution in [3.8, 4) is 0 Å². The minimum absolute atomic E-state index is 0.561. The molecule has 0 aromatic rings. The summed E-state index contributed by atoms with van der Waals surface area (Å²) in [6.45, 7) is 14.5. The van der Waals surface area contributed by atoms with Crippen molar-refractivity contribution in [1.82, 2.24) is 10.2 Å². The van der Waals surface area contributed by atoms with Crippen molar-refractivity contribution < 1.29 is 0 Å². The second-order valence-corrected chi connectivity index (χ2v) is 7.34. The van der Waals surface area contributed by atoms with Crippen LogP contribution in [-0.4, -0.2) is 37.1 Å². The molecule has 1 N–H and O–H groups in total. The number of likely N-dealkylation sites (tertiary alicyclic amines) is 1. The average molecular weight is 238 g/mol. The van der Waals surface area contributed by atoms with Gasteiger partial charge in [0, 0.05) is 12.6 Å². The molecule has 0 aromatic heterocycles. The molecule has 1 saturated carbocycles. The highest BCUT2D eigenvalue weighted by Gasteiger charge is 2.40. The van der Waals surface area contributed by atoms with Crippen LogP contribution in [0.15, 0.2) is 0 Å². The van der Waals surface area contributed by atoms with E-state index in [9.17, 15) is 0 Å². The van der Waals surface area contributed by atoms with Crippen LogP contribution in [0.3, 0.4) is 0 Å². The Labute approximate surface area is 107 Å². The second-order valence-electron chi connectivity index (χ2n) is 7.34. The molecule has 2 aliphatic rings. The number of nitrogens with one attached hydrogen (secondary N) is 1. The lowest BCUT2D eigenvalue weighted by atomic mass is 9.78. The van der Waals surface area contributed by atoms with E-state index in [0.717, 1.165) is 17.9 Å². The van der Waals surface area contributed by atoms with E-state index >= 15 is 0 Å². The quantitative estimate of drug-likeness (QED) is 0.792. The molecule has 1 heterocycles. The standard InChI is InChI=1S/C15H30N2/c1-12(2)9-16-10-13-5-6-14(13)17-8-7-15(3,4)11-17/h12-14,16H,5-11H2,1-4H3. The summed E-state index contributed by atoms with van der Waals surface area (Å²) >= 11 is 0. The molecule has 1 aliphatic carbocycles. The molecule has 0 spiro atoms. The lowest BCUT2D eigenvalue weighted by Gasteiger charge is -2.43. The van der Waals surface area contributed by atoms with Gasteiger partial charge in [0.15, 0.2) is 0 Å². The first-order valence-electron chi connectivity index (χ1n) is 7.43. The number of nitrogens with zero attached hydrogens (tertiary/aromatic N) is 1. The van der Waals surface area contributed by atoms with Gasteiger partial charge in [-0.3, -0.25) is 4.90 Å². The van der Waals surface area contributed by atoms with Crippen LogP contribution in [-0.2, 0) is 0 Å². The maximum Gasteiger partial charge on any atom is 0.0136 e. The Hall–Kier alpha value is -0.0800. The van der Waals surface area contributed by atoms with Gasteiger partial charge in [-0.25, -0.2) is 0 Å². The average Bonchev–Trinajstić information content (AvgIpc) is 2.51. The third-order valence-electron chi connectivity index (χ3n) is 4.51. The molecule has 1 saturated heterocycles. The largest absolute Gasteiger partial charge is 0.316 e. The molecule has 0 amide bonds. The Balaban J connectivity index is 1.72. The maximum absolute atomic E-state index is 3.63. The number of rotatable bonds is 5. The van der Waals surface area contributed by atoms with Gasteiger partial charge in [-0.2, -0.15) is 0 Å². The minimum atomic E-state index is 0.561. The summed E-state index contributed by atoms with van der Waals surface area (Å²) in [6, 6.07) is 0.886. The fourth-order valence-corrected chi connectivity index (χ4v) is 3.26. The second kappa shape index (κ2) is 5.27. The summed E-state index contributed by atoms with van der Waals surface area (Å²) in [4.78, 5) is 2.76. The summed E-state index contributed by atoms with van der Waals surface area (Å²) in [5, 5.41) is 3.63. The molecule has 17 heavy (non-hydrogen) atoms. The normalized spacial score (nSPS) is 33.0. The molecular weight excluding hydrogens is 208 g/mol. The minimum Gasteiger partial charge on any atom is -0.316 e. The van der Waals surface area contributed by atoms with Crippen LogP contribution >= 0.6 is 0 Å². The first-order chi connectivity index (χ1) is 7.98. The third kappa shape index (κ3) is 3.45. The molecule has 1 aliphatic heterocycles. The van der Waals surface area contributed by atoms with Crippen molar-refractivity contribution in [2.75, 3.05) is 26.2 Å².